The Balaban J connectivity index is 1.43. The van der Waals surface area contributed by atoms with Crippen LogP contribution in [0, 0.1) is 11.8 Å². The van der Waals surface area contributed by atoms with Crippen molar-refractivity contribution in [1.82, 2.24) is 14.7 Å². The Morgan fingerprint density at radius 1 is 0.962 bits per heavy atom. The first-order chi connectivity index (χ1) is 12.5. The molecule has 2 aliphatic heterocycles. The molecule has 2 heterocycles. The van der Waals surface area contributed by atoms with Crippen molar-refractivity contribution in [3.05, 3.63) is 30.3 Å². The van der Waals surface area contributed by atoms with Gasteiger partial charge in [-0.05, 0) is 30.4 Å². The standard InChI is InChI=1S/C20H30N4O2/c1-16-12-17(2)14-24(13-16)19(25)15-22-8-10-23(11-9-22)20(26)21-18-6-4-3-5-7-18/h3-7,16-17H,8-15H2,1-2H3,(H,21,26)/t16-,17-/m0/s1. The molecule has 1 aromatic carbocycles. The molecule has 2 fully saturated rings. The van der Waals surface area contributed by atoms with Crippen LogP contribution in [0.1, 0.15) is 20.3 Å². The monoisotopic (exact) mass is 358 g/mol. The molecule has 2 aliphatic rings. The second-order valence-electron chi connectivity index (χ2n) is 7.80. The summed E-state index contributed by atoms with van der Waals surface area (Å²) in [4.78, 5) is 30.9. The second kappa shape index (κ2) is 8.54. The number of hydrogen-bond donors (Lipinski definition) is 1. The minimum Gasteiger partial charge on any atom is -0.341 e. The zero-order valence-corrected chi connectivity index (χ0v) is 15.9. The number of likely N-dealkylation sites (tertiary alicyclic amines) is 1. The van der Waals surface area contributed by atoms with Crippen molar-refractivity contribution in [1.29, 1.82) is 0 Å². The summed E-state index contributed by atoms with van der Waals surface area (Å²) in [6.07, 6.45) is 1.21. The predicted molar refractivity (Wildman–Crippen MR) is 103 cm³/mol. The summed E-state index contributed by atoms with van der Waals surface area (Å²) in [5.41, 5.74) is 0.809. The van der Waals surface area contributed by atoms with Crippen molar-refractivity contribution in [3.8, 4) is 0 Å². The van der Waals surface area contributed by atoms with Gasteiger partial charge in [0.25, 0.3) is 0 Å². The van der Waals surface area contributed by atoms with Gasteiger partial charge in [0.15, 0.2) is 0 Å². The number of amides is 3. The number of nitrogens with one attached hydrogen (secondary N) is 1. The van der Waals surface area contributed by atoms with E-state index in [0.29, 0.717) is 31.5 Å². The number of piperidine rings is 1. The largest absolute Gasteiger partial charge is 0.341 e. The number of piperazine rings is 1. The Hall–Kier alpha value is -2.08. The number of hydrogen-bond acceptors (Lipinski definition) is 3. The summed E-state index contributed by atoms with van der Waals surface area (Å²) in [6, 6.07) is 9.43. The van der Waals surface area contributed by atoms with Gasteiger partial charge in [0.2, 0.25) is 5.91 Å². The number of carbonyl (C=O) groups is 2. The summed E-state index contributed by atoms with van der Waals surface area (Å²) in [5.74, 6) is 1.40. The van der Waals surface area contributed by atoms with Crippen LogP contribution in [0.15, 0.2) is 30.3 Å². The molecule has 142 valence electrons. The molecule has 0 unspecified atom stereocenters. The van der Waals surface area contributed by atoms with Crippen LogP contribution in [0.2, 0.25) is 0 Å². The Kier molecular flexibility index (Phi) is 6.14. The van der Waals surface area contributed by atoms with Gasteiger partial charge in [0, 0.05) is 45.0 Å². The van der Waals surface area contributed by atoms with E-state index >= 15 is 0 Å². The van der Waals surface area contributed by atoms with Gasteiger partial charge in [0.05, 0.1) is 6.54 Å². The Morgan fingerprint density at radius 3 is 2.19 bits per heavy atom. The van der Waals surface area contributed by atoms with Gasteiger partial charge >= 0.3 is 6.03 Å². The summed E-state index contributed by atoms with van der Waals surface area (Å²) in [6.45, 7) is 9.45. The van der Waals surface area contributed by atoms with Gasteiger partial charge in [0.1, 0.15) is 0 Å². The third-order valence-corrected chi connectivity index (χ3v) is 5.26. The minimum atomic E-state index is -0.0687. The highest BCUT2D eigenvalue weighted by Crippen LogP contribution is 2.21. The number of para-hydroxylation sites is 1. The molecule has 6 nitrogen and oxygen atoms in total. The zero-order valence-electron chi connectivity index (χ0n) is 15.9. The normalized spacial score (nSPS) is 24.4. The number of rotatable bonds is 3. The maximum atomic E-state index is 12.6. The molecule has 6 heteroatoms. The van der Waals surface area contributed by atoms with Gasteiger partial charge in [-0.15, -0.1) is 0 Å². The van der Waals surface area contributed by atoms with Gasteiger partial charge < -0.3 is 15.1 Å². The van der Waals surface area contributed by atoms with Gasteiger partial charge in [-0.25, -0.2) is 4.79 Å². The first kappa shape index (κ1) is 18.7. The predicted octanol–water partition coefficient (Wildman–Crippen LogP) is 2.34. The fraction of sp³-hybridized carbons (Fsp3) is 0.600. The average molecular weight is 358 g/mol. The molecule has 1 aromatic rings. The molecule has 3 amide bonds. The highest BCUT2D eigenvalue weighted by Gasteiger charge is 2.28. The van der Waals surface area contributed by atoms with Gasteiger partial charge in [-0.3, -0.25) is 9.69 Å². The van der Waals surface area contributed by atoms with Crippen molar-refractivity contribution in [2.24, 2.45) is 11.8 Å². The van der Waals surface area contributed by atoms with Crippen LogP contribution >= 0.6 is 0 Å². The molecule has 3 rings (SSSR count). The quantitative estimate of drug-likeness (QED) is 0.902. The van der Waals surface area contributed by atoms with E-state index in [9.17, 15) is 9.59 Å². The maximum Gasteiger partial charge on any atom is 0.321 e. The van der Waals surface area contributed by atoms with E-state index in [1.54, 1.807) is 0 Å². The summed E-state index contributed by atoms with van der Waals surface area (Å²) in [5, 5.41) is 2.92. The minimum absolute atomic E-state index is 0.0687. The topological polar surface area (TPSA) is 55.9 Å². The highest BCUT2D eigenvalue weighted by atomic mass is 16.2. The number of benzene rings is 1. The molecule has 1 N–H and O–H groups in total. The van der Waals surface area contributed by atoms with Crippen LogP contribution in [-0.2, 0) is 4.79 Å². The van der Waals surface area contributed by atoms with Crippen LogP contribution in [-0.4, -0.2) is 72.5 Å². The van der Waals surface area contributed by atoms with E-state index in [0.717, 1.165) is 31.9 Å². The first-order valence-corrected chi connectivity index (χ1v) is 9.62. The second-order valence-corrected chi connectivity index (χ2v) is 7.80. The Morgan fingerprint density at radius 2 is 1.58 bits per heavy atom. The van der Waals surface area contributed by atoms with E-state index in [1.807, 2.05) is 40.1 Å². The van der Waals surface area contributed by atoms with Crippen LogP contribution < -0.4 is 5.32 Å². The molecule has 0 saturated carbocycles. The fourth-order valence-corrected chi connectivity index (χ4v) is 3.99. The molecule has 2 saturated heterocycles. The lowest BCUT2D eigenvalue weighted by Gasteiger charge is -2.38. The third kappa shape index (κ3) is 4.97. The molecular formula is C20H30N4O2. The summed E-state index contributed by atoms with van der Waals surface area (Å²) in [7, 11) is 0. The van der Waals surface area contributed by atoms with Crippen molar-refractivity contribution >= 4 is 17.6 Å². The SMILES string of the molecule is C[C@H]1C[C@H](C)CN(C(=O)CN2CCN(C(=O)Nc3ccccc3)CC2)C1. The lowest BCUT2D eigenvalue weighted by molar-refractivity contribution is -0.135. The molecule has 0 radical (unpaired) electrons. The first-order valence-electron chi connectivity index (χ1n) is 9.62. The summed E-state index contributed by atoms with van der Waals surface area (Å²) < 4.78 is 0. The molecule has 0 spiro atoms. The van der Waals surface area contributed by atoms with Crippen molar-refractivity contribution in [2.45, 2.75) is 20.3 Å². The van der Waals surface area contributed by atoms with E-state index < -0.39 is 0 Å². The molecule has 0 aliphatic carbocycles. The van der Waals surface area contributed by atoms with E-state index in [-0.39, 0.29) is 11.9 Å². The van der Waals surface area contributed by atoms with E-state index in [1.165, 1.54) is 6.42 Å². The number of carbonyl (C=O) groups excluding carboxylic acids is 2. The smallest absolute Gasteiger partial charge is 0.321 e. The number of nitrogens with zero attached hydrogens (tertiary/aromatic N) is 3. The summed E-state index contributed by atoms with van der Waals surface area (Å²) >= 11 is 0. The van der Waals surface area contributed by atoms with Crippen molar-refractivity contribution < 1.29 is 9.59 Å². The van der Waals surface area contributed by atoms with Crippen LogP contribution in [0.3, 0.4) is 0 Å². The van der Waals surface area contributed by atoms with E-state index in [4.69, 9.17) is 0 Å². The lowest BCUT2D eigenvalue weighted by atomic mass is 9.92. The van der Waals surface area contributed by atoms with Crippen LogP contribution in [0.25, 0.3) is 0 Å². The molecule has 0 aromatic heterocycles. The Labute approximate surface area is 156 Å². The van der Waals surface area contributed by atoms with Crippen LogP contribution in [0.5, 0.6) is 0 Å². The van der Waals surface area contributed by atoms with Crippen molar-refractivity contribution in [2.75, 3.05) is 51.1 Å². The zero-order chi connectivity index (χ0) is 18.5. The molecule has 26 heavy (non-hydrogen) atoms. The Bertz CT molecular complexity index is 603. The number of urea groups is 1. The fourth-order valence-electron chi connectivity index (χ4n) is 3.99. The average Bonchev–Trinajstić information content (AvgIpc) is 2.62. The van der Waals surface area contributed by atoms with Gasteiger partial charge in [-0.2, -0.15) is 0 Å². The lowest BCUT2D eigenvalue weighted by Crippen LogP contribution is -2.53. The number of anilines is 1. The molecule has 0 bridgehead atoms. The molecule has 2 atom stereocenters. The maximum absolute atomic E-state index is 12.6. The van der Waals surface area contributed by atoms with Crippen molar-refractivity contribution in [3.63, 3.8) is 0 Å². The van der Waals surface area contributed by atoms with Gasteiger partial charge in [-0.1, -0.05) is 32.0 Å². The highest BCUT2D eigenvalue weighted by molar-refractivity contribution is 5.89. The molecular weight excluding hydrogens is 328 g/mol. The third-order valence-electron chi connectivity index (χ3n) is 5.26. The van der Waals surface area contributed by atoms with E-state index in [2.05, 4.69) is 24.1 Å². The van der Waals surface area contributed by atoms with Crippen LogP contribution in [0.4, 0.5) is 10.5 Å².